The number of hydrogen-bond donors (Lipinski definition) is 0. The van der Waals surface area contributed by atoms with Crippen molar-refractivity contribution in [3.63, 3.8) is 0 Å². The van der Waals surface area contributed by atoms with E-state index in [9.17, 15) is 4.79 Å². The number of ketones is 1. The van der Waals surface area contributed by atoms with E-state index < -0.39 is 0 Å². The third kappa shape index (κ3) is 2.91. The molecular formula is C11H16N2O. The molecule has 1 rings (SSSR count). The first-order chi connectivity index (χ1) is 6.75. The second-order valence-electron chi connectivity index (χ2n) is 3.40. The van der Waals surface area contributed by atoms with E-state index in [2.05, 4.69) is 16.9 Å². The molecule has 0 fully saturated rings. The summed E-state index contributed by atoms with van der Waals surface area (Å²) < 4.78 is 0. The van der Waals surface area contributed by atoms with Crippen LogP contribution < -0.4 is 0 Å². The number of aromatic nitrogens is 2. The van der Waals surface area contributed by atoms with E-state index in [0.29, 0.717) is 5.56 Å². The number of aryl methyl sites for hydroxylation is 1. The molecule has 3 nitrogen and oxygen atoms in total. The van der Waals surface area contributed by atoms with Crippen LogP contribution in [0.25, 0.3) is 0 Å². The van der Waals surface area contributed by atoms with Crippen molar-refractivity contribution in [2.45, 2.75) is 39.5 Å². The van der Waals surface area contributed by atoms with Gasteiger partial charge in [-0.2, -0.15) is 0 Å². The normalized spacial score (nSPS) is 10.1. The molecule has 0 saturated heterocycles. The molecule has 0 aliphatic heterocycles. The van der Waals surface area contributed by atoms with Crippen molar-refractivity contribution in [1.29, 1.82) is 0 Å². The van der Waals surface area contributed by atoms with Gasteiger partial charge in [-0.1, -0.05) is 19.8 Å². The van der Waals surface area contributed by atoms with Gasteiger partial charge in [0.2, 0.25) is 0 Å². The first-order valence-corrected chi connectivity index (χ1v) is 5.05. The van der Waals surface area contributed by atoms with Crippen LogP contribution >= 0.6 is 0 Å². The molecule has 0 amide bonds. The Morgan fingerprint density at radius 3 is 2.86 bits per heavy atom. The highest BCUT2D eigenvalue weighted by atomic mass is 16.1. The van der Waals surface area contributed by atoms with E-state index in [0.717, 1.165) is 18.5 Å². The topological polar surface area (TPSA) is 42.9 Å². The van der Waals surface area contributed by atoms with Crippen molar-refractivity contribution in [3.8, 4) is 0 Å². The quantitative estimate of drug-likeness (QED) is 0.531. The molecule has 3 heteroatoms. The fraction of sp³-hybridized carbons (Fsp3) is 0.545. The van der Waals surface area contributed by atoms with E-state index in [4.69, 9.17) is 0 Å². The summed E-state index contributed by atoms with van der Waals surface area (Å²) in [7, 11) is 0. The molecule has 0 saturated carbocycles. The number of carbonyl (C=O) groups is 1. The van der Waals surface area contributed by atoms with Gasteiger partial charge in [0, 0.05) is 6.20 Å². The Bertz CT molecular complexity index is 310. The number of hydrogen-bond acceptors (Lipinski definition) is 3. The molecule has 0 aliphatic carbocycles. The lowest BCUT2D eigenvalue weighted by atomic mass is 10.1. The molecule has 1 heterocycles. The second-order valence-corrected chi connectivity index (χ2v) is 3.40. The molecule has 0 radical (unpaired) electrons. The Morgan fingerprint density at radius 2 is 2.21 bits per heavy atom. The monoisotopic (exact) mass is 192 g/mol. The summed E-state index contributed by atoms with van der Waals surface area (Å²) >= 11 is 0. The van der Waals surface area contributed by atoms with Gasteiger partial charge >= 0.3 is 0 Å². The molecule has 0 N–H and O–H groups in total. The van der Waals surface area contributed by atoms with Gasteiger partial charge in [-0.15, -0.1) is 0 Å². The van der Waals surface area contributed by atoms with Gasteiger partial charge in [-0.05, 0) is 19.8 Å². The Labute approximate surface area is 84.6 Å². The van der Waals surface area contributed by atoms with Crippen molar-refractivity contribution in [2.24, 2.45) is 0 Å². The van der Waals surface area contributed by atoms with Gasteiger partial charge in [0.1, 0.15) is 6.33 Å². The van der Waals surface area contributed by atoms with Gasteiger partial charge in [0.15, 0.2) is 5.78 Å². The summed E-state index contributed by atoms with van der Waals surface area (Å²) in [5.74, 6) is 0.0529. The largest absolute Gasteiger partial charge is 0.294 e. The molecular weight excluding hydrogens is 176 g/mol. The summed E-state index contributed by atoms with van der Waals surface area (Å²) in [4.78, 5) is 19.2. The zero-order valence-corrected chi connectivity index (χ0v) is 8.79. The average Bonchev–Trinajstić information content (AvgIpc) is 2.19. The smallest absolute Gasteiger partial charge is 0.163 e. The predicted molar refractivity (Wildman–Crippen MR) is 55.3 cm³/mol. The third-order valence-corrected chi connectivity index (χ3v) is 2.19. The molecule has 0 aromatic carbocycles. The summed E-state index contributed by atoms with van der Waals surface area (Å²) in [5.41, 5.74) is 1.56. The standard InChI is InChI=1S/C11H16N2O/c1-3-4-5-6-11-10(9(2)14)7-12-8-13-11/h7-8H,3-6H2,1-2H3. The van der Waals surface area contributed by atoms with Crippen LogP contribution in [0.2, 0.25) is 0 Å². The first-order valence-electron chi connectivity index (χ1n) is 5.05. The second kappa shape index (κ2) is 5.47. The Morgan fingerprint density at radius 1 is 1.43 bits per heavy atom. The zero-order valence-electron chi connectivity index (χ0n) is 8.79. The van der Waals surface area contributed by atoms with Crippen molar-refractivity contribution in [2.75, 3.05) is 0 Å². The fourth-order valence-electron chi connectivity index (χ4n) is 1.39. The molecule has 0 spiro atoms. The van der Waals surface area contributed by atoms with Gasteiger partial charge in [0.25, 0.3) is 0 Å². The molecule has 14 heavy (non-hydrogen) atoms. The lowest BCUT2D eigenvalue weighted by Gasteiger charge is -2.03. The van der Waals surface area contributed by atoms with Crippen molar-refractivity contribution >= 4 is 5.78 Å². The molecule has 0 unspecified atom stereocenters. The van der Waals surface area contributed by atoms with Crippen LogP contribution in [0.15, 0.2) is 12.5 Å². The minimum atomic E-state index is 0.0529. The Hall–Kier alpha value is -1.25. The van der Waals surface area contributed by atoms with Gasteiger partial charge in [0.05, 0.1) is 11.3 Å². The van der Waals surface area contributed by atoms with E-state index in [1.807, 2.05) is 0 Å². The summed E-state index contributed by atoms with van der Waals surface area (Å²) in [6, 6.07) is 0. The van der Waals surface area contributed by atoms with Crippen LogP contribution in [0.5, 0.6) is 0 Å². The highest BCUT2D eigenvalue weighted by molar-refractivity contribution is 5.94. The van der Waals surface area contributed by atoms with Crippen molar-refractivity contribution in [3.05, 3.63) is 23.8 Å². The molecule has 0 aliphatic rings. The lowest BCUT2D eigenvalue weighted by Crippen LogP contribution is -2.03. The number of nitrogens with zero attached hydrogens (tertiary/aromatic N) is 2. The molecule has 0 bridgehead atoms. The number of rotatable bonds is 5. The van der Waals surface area contributed by atoms with Gasteiger partial charge in [-0.3, -0.25) is 4.79 Å². The van der Waals surface area contributed by atoms with Crippen LogP contribution in [0.1, 0.15) is 49.2 Å². The van der Waals surface area contributed by atoms with Crippen molar-refractivity contribution < 1.29 is 4.79 Å². The minimum absolute atomic E-state index is 0.0529. The van der Waals surface area contributed by atoms with Gasteiger partial charge in [-0.25, -0.2) is 9.97 Å². The van der Waals surface area contributed by atoms with Crippen LogP contribution in [0.3, 0.4) is 0 Å². The Balaban J connectivity index is 2.69. The minimum Gasteiger partial charge on any atom is -0.294 e. The molecule has 1 aromatic heterocycles. The number of Topliss-reactive ketones (excluding diaryl/α,β-unsaturated/α-hetero) is 1. The molecule has 0 atom stereocenters. The zero-order chi connectivity index (χ0) is 10.4. The summed E-state index contributed by atoms with van der Waals surface area (Å²) in [6.45, 7) is 3.72. The van der Waals surface area contributed by atoms with E-state index in [-0.39, 0.29) is 5.78 Å². The lowest BCUT2D eigenvalue weighted by molar-refractivity contribution is 0.101. The first kappa shape index (κ1) is 10.8. The highest BCUT2D eigenvalue weighted by Gasteiger charge is 2.07. The maximum absolute atomic E-state index is 11.2. The predicted octanol–water partition coefficient (Wildman–Crippen LogP) is 2.41. The SMILES string of the molecule is CCCCCc1ncncc1C(C)=O. The average molecular weight is 192 g/mol. The Kier molecular flexibility index (Phi) is 4.23. The molecule has 1 aromatic rings. The van der Waals surface area contributed by atoms with Crippen LogP contribution in [-0.4, -0.2) is 15.8 Å². The summed E-state index contributed by atoms with van der Waals surface area (Å²) in [6.07, 6.45) is 7.45. The maximum atomic E-state index is 11.2. The fourth-order valence-corrected chi connectivity index (χ4v) is 1.39. The number of unbranched alkanes of at least 4 members (excludes halogenated alkanes) is 2. The third-order valence-electron chi connectivity index (χ3n) is 2.19. The molecule has 76 valence electrons. The van der Waals surface area contributed by atoms with Crippen LogP contribution in [0.4, 0.5) is 0 Å². The van der Waals surface area contributed by atoms with Crippen LogP contribution in [0, 0.1) is 0 Å². The van der Waals surface area contributed by atoms with Crippen LogP contribution in [-0.2, 0) is 6.42 Å². The highest BCUT2D eigenvalue weighted by Crippen LogP contribution is 2.09. The van der Waals surface area contributed by atoms with Crippen molar-refractivity contribution in [1.82, 2.24) is 9.97 Å². The van der Waals surface area contributed by atoms with Gasteiger partial charge < -0.3 is 0 Å². The van der Waals surface area contributed by atoms with E-state index in [1.165, 1.54) is 19.2 Å². The maximum Gasteiger partial charge on any atom is 0.163 e. The number of carbonyl (C=O) groups excluding carboxylic acids is 1. The van der Waals surface area contributed by atoms with E-state index in [1.54, 1.807) is 13.1 Å². The van der Waals surface area contributed by atoms with E-state index >= 15 is 0 Å². The summed E-state index contributed by atoms with van der Waals surface area (Å²) in [5, 5.41) is 0.